The summed E-state index contributed by atoms with van der Waals surface area (Å²) in [5, 5.41) is 0.596. The third kappa shape index (κ3) is 6.35. The van der Waals surface area contributed by atoms with E-state index in [-0.39, 0.29) is 30.2 Å². The monoisotopic (exact) mass is 424 g/mol. The smallest absolute Gasteiger partial charge is 0.310 e. The van der Waals surface area contributed by atoms with E-state index in [9.17, 15) is 14.4 Å². The van der Waals surface area contributed by atoms with Crippen molar-refractivity contribution in [2.45, 2.75) is 39.7 Å². The first kappa shape index (κ1) is 23.0. The summed E-state index contributed by atoms with van der Waals surface area (Å²) in [6, 6.07) is 5.18. The number of hydrogen-bond acceptors (Lipinski definition) is 5. The predicted octanol–water partition coefficient (Wildman–Crippen LogP) is 2.68. The zero-order valence-electron chi connectivity index (χ0n) is 17.4. The van der Waals surface area contributed by atoms with Gasteiger partial charge in [-0.25, -0.2) is 0 Å². The lowest BCUT2D eigenvalue weighted by molar-refractivity contribution is -0.152. The van der Waals surface area contributed by atoms with E-state index in [1.807, 2.05) is 6.92 Å². The van der Waals surface area contributed by atoms with Crippen molar-refractivity contribution in [1.82, 2.24) is 9.80 Å². The van der Waals surface area contributed by atoms with E-state index < -0.39 is 6.10 Å². The minimum Gasteiger partial charge on any atom is -0.481 e. The number of esters is 1. The highest BCUT2D eigenvalue weighted by atomic mass is 35.5. The van der Waals surface area contributed by atoms with Crippen molar-refractivity contribution in [3.63, 3.8) is 0 Å². The topological polar surface area (TPSA) is 76.2 Å². The van der Waals surface area contributed by atoms with Crippen LogP contribution in [0.3, 0.4) is 0 Å². The Labute approximate surface area is 176 Å². The molecule has 0 bridgehead atoms. The van der Waals surface area contributed by atoms with Crippen LogP contribution in [0.1, 0.15) is 32.3 Å². The van der Waals surface area contributed by atoms with Gasteiger partial charge in [-0.1, -0.05) is 11.6 Å². The van der Waals surface area contributed by atoms with Gasteiger partial charge in [0.25, 0.3) is 5.91 Å². The summed E-state index contributed by atoms with van der Waals surface area (Å²) in [6.07, 6.45) is 0.701. The molecule has 0 saturated carbocycles. The van der Waals surface area contributed by atoms with Crippen LogP contribution >= 0.6 is 11.6 Å². The van der Waals surface area contributed by atoms with Crippen LogP contribution in [0.2, 0.25) is 5.02 Å². The largest absolute Gasteiger partial charge is 0.481 e. The van der Waals surface area contributed by atoms with E-state index >= 15 is 0 Å². The van der Waals surface area contributed by atoms with Gasteiger partial charge in [0.1, 0.15) is 5.75 Å². The predicted molar refractivity (Wildman–Crippen MR) is 110 cm³/mol. The molecule has 2 atom stereocenters. The number of carbonyl (C=O) groups excluding carboxylic acids is 3. The molecule has 0 N–H and O–H groups in total. The Hall–Kier alpha value is -2.28. The molecule has 1 fully saturated rings. The molecule has 7 nitrogen and oxygen atoms in total. The molecular formula is C21H29ClN2O5. The van der Waals surface area contributed by atoms with Crippen LogP contribution < -0.4 is 4.74 Å². The Morgan fingerprint density at radius 3 is 2.72 bits per heavy atom. The van der Waals surface area contributed by atoms with Crippen LogP contribution in [0.15, 0.2) is 18.2 Å². The molecule has 2 rings (SSSR count). The molecule has 160 valence electrons. The summed E-state index contributed by atoms with van der Waals surface area (Å²) in [5.74, 6) is -0.488. The number of benzene rings is 1. The van der Waals surface area contributed by atoms with Crippen molar-refractivity contribution < 1.29 is 23.9 Å². The SMILES string of the molecule is CCOC(=O)C1CCCN(C(=O)CN(C)C(=O)C(C)Oc2ccc(Cl)cc2C)C1. The van der Waals surface area contributed by atoms with Gasteiger partial charge in [-0.3, -0.25) is 14.4 Å². The lowest BCUT2D eigenvalue weighted by Crippen LogP contribution is -2.48. The van der Waals surface area contributed by atoms with Crippen molar-refractivity contribution in [2.24, 2.45) is 5.92 Å². The molecule has 1 aliphatic rings. The Bertz CT molecular complexity index is 755. The minimum atomic E-state index is -0.749. The number of aryl methyl sites for hydroxylation is 1. The van der Waals surface area contributed by atoms with Gasteiger partial charge in [0.15, 0.2) is 6.10 Å². The first-order valence-electron chi connectivity index (χ1n) is 9.85. The molecule has 0 spiro atoms. The second-order valence-corrected chi connectivity index (χ2v) is 7.73. The molecule has 1 heterocycles. The number of nitrogens with zero attached hydrogens (tertiary/aromatic N) is 2. The summed E-state index contributed by atoms with van der Waals surface area (Å²) >= 11 is 5.94. The molecule has 29 heavy (non-hydrogen) atoms. The molecule has 0 aromatic heterocycles. The number of carbonyl (C=O) groups is 3. The van der Waals surface area contributed by atoms with E-state index in [0.717, 1.165) is 12.0 Å². The second-order valence-electron chi connectivity index (χ2n) is 7.30. The lowest BCUT2D eigenvalue weighted by Gasteiger charge is -2.33. The van der Waals surface area contributed by atoms with Crippen molar-refractivity contribution >= 4 is 29.4 Å². The van der Waals surface area contributed by atoms with Gasteiger partial charge >= 0.3 is 5.97 Å². The lowest BCUT2D eigenvalue weighted by atomic mass is 9.98. The normalized spacial score (nSPS) is 17.4. The number of halogens is 1. The Balaban J connectivity index is 1.90. The Morgan fingerprint density at radius 2 is 2.07 bits per heavy atom. The third-order valence-electron chi connectivity index (χ3n) is 4.93. The molecule has 0 aliphatic carbocycles. The van der Waals surface area contributed by atoms with Crippen LogP contribution in [-0.4, -0.2) is 67.0 Å². The van der Waals surface area contributed by atoms with Gasteiger partial charge in [0, 0.05) is 25.2 Å². The number of ether oxygens (including phenoxy) is 2. The van der Waals surface area contributed by atoms with Crippen LogP contribution in [0.5, 0.6) is 5.75 Å². The highest BCUT2D eigenvalue weighted by molar-refractivity contribution is 6.30. The maximum atomic E-state index is 12.6. The average Bonchev–Trinajstić information content (AvgIpc) is 2.69. The molecule has 0 radical (unpaired) electrons. The summed E-state index contributed by atoms with van der Waals surface area (Å²) in [6.45, 7) is 6.42. The highest BCUT2D eigenvalue weighted by Crippen LogP contribution is 2.23. The van der Waals surface area contributed by atoms with Crippen molar-refractivity contribution in [3.05, 3.63) is 28.8 Å². The molecule has 2 amide bonds. The molecule has 1 aliphatic heterocycles. The maximum Gasteiger partial charge on any atom is 0.310 e. The third-order valence-corrected chi connectivity index (χ3v) is 5.17. The summed E-state index contributed by atoms with van der Waals surface area (Å²) in [4.78, 5) is 40.2. The fraction of sp³-hybridized carbons (Fsp3) is 0.571. The number of piperidine rings is 1. The number of likely N-dealkylation sites (tertiary alicyclic amines) is 1. The molecule has 2 unspecified atom stereocenters. The molecule has 1 saturated heterocycles. The molecule has 1 aromatic rings. The Kier molecular flexibility index (Phi) is 8.32. The fourth-order valence-electron chi connectivity index (χ4n) is 3.33. The highest BCUT2D eigenvalue weighted by Gasteiger charge is 2.30. The van der Waals surface area contributed by atoms with Gasteiger partial charge in [-0.05, 0) is 57.4 Å². The zero-order valence-corrected chi connectivity index (χ0v) is 18.2. The average molecular weight is 425 g/mol. The van der Waals surface area contributed by atoms with Crippen molar-refractivity contribution in [2.75, 3.05) is 33.3 Å². The first-order valence-corrected chi connectivity index (χ1v) is 10.2. The van der Waals surface area contributed by atoms with Gasteiger partial charge < -0.3 is 19.3 Å². The van der Waals surface area contributed by atoms with Gasteiger partial charge in [-0.2, -0.15) is 0 Å². The zero-order chi connectivity index (χ0) is 21.6. The number of hydrogen-bond donors (Lipinski definition) is 0. The van der Waals surface area contributed by atoms with Crippen molar-refractivity contribution in [1.29, 1.82) is 0 Å². The van der Waals surface area contributed by atoms with Gasteiger partial charge in [0.2, 0.25) is 5.91 Å². The van der Waals surface area contributed by atoms with Gasteiger partial charge in [-0.15, -0.1) is 0 Å². The summed E-state index contributed by atoms with van der Waals surface area (Å²) in [5.41, 5.74) is 0.828. The molecule has 8 heteroatoms. The van der Waals surface area contributed by atoms with Crippen LogP contribution in [0.4, 0.5) is 0 Å². The number of rotatable bonds is 7. The van der Waals surface area contributed by atoms with E-state index in [4.69, 9.17) is 21.1 Å². The molecule has 1 aromatic carbocycles. The number of amides is 2. The second kappa shape index (κ2) is 10.5. The van der Waals surface area contributed by atoms with Crippen LogP contribution in [0.25, 0.3) is 0 Å². The Morgan fingerprint density at radius 1 is 1.34 bits per heavy atom. The van der Waals surface area contributed by atoms with E-state index in [0.29, 0.717) is 36.9 Å². The first-order chi connectivity index (χ1) is 13.7. The van der Waals surface area contributed by atoms with Crippen LogP contribution in [0, 0.1) is 12.8 Å². The van der Waals surface area contributed by atoms with E-state index in [1.165, 1.54) is 4.90 Å². The van der Waals surface area contributed by atoms with Crippen LogP contribution in [-0.2, 0) is 19.1 Å². The summed E-state index contributed by atoms with van der Waals surface area (Å²) < 4.78 is 10.8. The fourth-order valence-corrected chi connectivity index (χ4v) is 3.56. The summed E-state index contributed by atoms with van der Waals surface area (Å²) in [7, 11) is 1.57. The van der Waals surface area contributed by atoms with E-state index in [2.05, 4.69) is 0 Å². The maximum absolute atomic E-state index is 12.6. The quantitative estimate of drug-likeness (QED) is 0.629. The van der Waals surface area contributed by atoms with Gasteiger partial charge in [0.05, 0.1) is 19.1 Å². The van der Waals surface area contributed by atoms with E-state index in [1.54, 1.807) is 44.0 Å². The standard InChI is InChI=1S/C21H29ClN2O5/c1-5-28-21(27)16-7-6-10-24(12-16)19(25)13-23(4)20(26)15(3)29-18-9-8-17(22)11-14(18)2/h8-9,11,15-16H,5-7,10,12-13H2,1-4H3. The number of likely N-dealkylation sites (N-methyl/N-ethyl adjacent to an activating group) is 1. The minimum absolute atomic E-state index is 0.0678. The molecular weight excluding hydrogens is 396 g/mol. The van der Waals surface area contributed by atoms with Crippen molar-refractivity contribution in [3.8, 4) is 5.75 Å².